The summed E-state index contributed by atoms with van der Waals surface area (Å²) in [6, 6.07) is 8.47. The van der Waals surface area contributed by atoms with E-state index in [1.165, 1.54) is 32.4 Å². The van der Waals surface area contributed by atoms with E-state index in [1.807, 2.05) is 31.2 Å². The van der Waals surface area contributed by atoms with Crippen LogP contribution in [0.5, 0.6) is 0 Å². The van der Waals surface area contributed by atoms with Gasteiger partial charge in [-0.15, -0.1) is 0 Å². The summed E-state index contributed by atoms with van der Waals surface area (Å²) in [4.78, 5) is 29.1. The van der Waals surface area contributed by atoms with E-state index in [4.69, 9.17) is 0 Å². The highest BCUT2D eigenvalue weighted by Gasteiger charge is 2.47. The molecule has 158 valence electrons. The van der Waals surface area contributed by atoms with Crippen molar-refractivity contribution in [1.82, 2.24) is 15.1 Å². The average Bonchev–Trinajstić information content (AvgIpc) is 3.25. The van der Waals surface area contributed by atoms with Crippen molar-refractivity contribution in [2.24, 2.45) is 11.8 Å². The summed E-state index contributed by atoms with van der Waals surface area (Å²) < 4.78 is 0. The van der Waals surface area contributed by atoms with E-state index in [1.54, 1.807) is 0 Å². The van der Waals surface area contributed by atoms with Gasteiger partial charge in [0.1, 0.15) is 0 Å². The van der Waals surface area contributed by atoms with Crippen LogP contribution in [0.3, 0.4) is 0 Å². The van der Waals surface area contributed by atoms with Crippen LogP contribution >= 0.6 is 0 Å². The van der Waals surface area contributed by atoms with Gasteiger partial charge in [0, 0.05) is 44.3 Å². The Bertz CT molecular complexity index is 720. The molecule has 0 spiro atoms. The van der Waals surface area contributed by atoms with Gasteiger partial charge in [0.15, 0.2) is 0 Å². The first kappa shape index (κ1) is 20.4. The van der Waals surface area contributed by atoms with Crippen molar-refractivity contribution in [2.45, 2.75) is 51.6 Å². The lowest BCUT2D eigenvalue weighted by molar-refractivity contribution is -0.122. The van der Waals surface area contributed by atoms with Crippen LogP contribution < -0.4 is 10.6 Å². The topological polar surface area (TPSA) is 64.7 Å². The molecule has 3 atom stereocenters. The maximum Gasteiger partial charge on any atom is 0.234 e. The highest BCUT2D eigenvalue weighted by atomic mass is 16.2. The van der Waals surface area contributed by atoms with Crippen LogP contribution in [0.4, 0.5) is 5.69 Å². The molecule has 3 saturated heterocycles. The third-order valence-corrected chi connectivity index (χ3v) is 6.77. The molecule has 2 N–H and O–H groups in total. The molecular formula is C23H34N4O2. The van der Waals surface area contributed by atoms with Crippen molar-refractivity contribution in [2.75, 3.05) is 38.0 Å². The Hall–Kier alpha value is -1.92. The lowest BCUT2D eigenvalue weighted by atomic mass is 9.90. The second kappa shape index (κ2) is 9.26. The van der Waals surface area contributed by atoms with Gasteiger partial charge in [0.2, 0.25) is 11.8 Å². The molecule has 1 aromatic rings. The zero-order chi connectivity index (χ0) is 20.2. The zero-order valence-electron chi connectivity index (χ0n) is 17.5. The molecule has 6 heteroatoms. The number of amides is 2. The van der Waals surface area contributed by atoms with Gasteiger partial charge in [0.05, 0.1) is 6.54 Å². The lowest BCUT2D eigenvalue weighted by Crippen LogP contribution is -2.41. The number of hydrogen-bond acceptors (Lipinski definition) is 4. The predicted octanol–water partition coefficient (Wildman–Crippen LogP) is 2.46. The van der Waals surface area contributed by atoms with Crippen molar-refractivity contribution in [1.29, 1.82) is 0 Å². The first-order chi connectivity index (χ1) is 14.1. The summed E-state index contributed by atoms with van der Waals surface area (Å²) in [7, 11) is 0. The molecule has 29 heavy (non-hydrogen) atoms. The molecule has 3 fully saturated rings. The quantitative estimate of drug-likeness (QED) is 0.741. The number of carbonyl (C=O) groups is 2. The Kier molecular flexibility index (Phi) is 6.50. The predicted molar refractivity (Wildman–Crippen MR) is 114 cm³/mol. The van der Waals surface area contributed by atoms with Crippen LogP contribution in [-0.4, -0.2) is 60.4 Å². The fourth-order valence-electron chi connectivity index (χ4n) is 5.39. The van der Waals surface area contributed by atoms with Crippen LogP contribution in [0.15, 0.2) is 24.3 Å². The Morgan fingerprint density at radius 2 is 1.90 bits per heavy atom. The number of rotatable bonds is 7. The first-order valence-corrected chi connectivity index (χ1v) is 11.2. The minimum atomic E-state index is 0.0419. The van der Waals surface area contributed by atoms with Crippen molar-refractivity contribution >= 4 is 17.5 Å². The van der Waals surface area contributed by atoms with Crippen LogP contribution in [-0.2, 0) is 16.1 Å². The van der Waals surface area contributed by atoms with E-state index in [9.17, 15) is 9.59 Å². The number of nitrogens with one attached hydrogen (secondary N) is 2. The van der Waals surface area contributed by atoms with Gasteiger partial charge in [-0.1, -0.05) is 25.5 Å². The molecule has 0 aliphatic carbocycles. The fourth-order valence-corrected chi connectivity index (χ4v) is 5.39. The van der Waals surface area contributed by atoms with Crippen molar-refractivity contribution in [3.05, 3.63) is 29.8 Å². The summed E-state index contributed by atoms with van der Waals surface area (Å²) in [5, 5.41) is 5.94. The number of benzene rings is 1. The maximum absolute atomic E-state index is 12.4. The van der Waals surface area contributed by atoms with Crippen molar-refractivity contribution in [3.8, 4) is 0 Å². The van der Waals surface area contributed by atoms with Gasteiger partial charge in [0.25, 0.3) is 0 Å². The number of anilines is 1. The van der Waals surface area contributed by atoms with Gasteiger partial charge in [-0.3, -0.25) is 19.4 Å². The molecule has 0 bridgehead atoms. The largest absolute Gasteiger partial charge is 0.351 e. The van der Waals surface area contributed by atoms with E-state index in [0.29, 0.717) is 19.5 Å². The molecule has 1 aromatic carbocycles. The molecule has 4 rings (SSSR count). The first-order valence-electron chi connectivity index (χ1n) is 11.2. The SMILES string of the molecule is CCCC(=O)Nc1ccc(CNC(=O)CN2CC3CN4CCCCC4C3C2)cc1. The monoisotopic (exact) mass is 398 g/mol. The number of likely N-dealkylation sites (tertiary alicyclic amines) is 1. The molecule has 3 aliphatic rings. The number of hydrogen-bond donors (Lipinski definition) is 2. The van der Waals surface area contributed by atoms with Gasteiger partial charge in [-0.25, -0.2) is 0 Å². The minimum Gasteiger partial charge on any atom is -0.351 e. The Morgan fingerprint density at radius 1 is 1.07 bits per heavy atom. The van der Waals surface area contributed by atoms with Gasteiger partial charge in [-0.05, 0) is 55.3 Å². The maximum atomic E-state index is 12.4. The normalized spacial score (nSPS) is 26.7. The summed E-state index contributed by atoms with van der Waals surface area (Å²) in [6.07, 6.45) is 5.44. The molecule has 3 unspecified atom stereocenters. The molecular weight excluding hydrogens is 364 g/mol. The van der Waals surface area contributed by atoms with Crippen molar-refractivity contribution in [3.63, 3.8) is 0 Å². The Labute approximate surface area is 174 Å². The van der Waals surface area contributed by atoms with E-state index in [-0.39, 0.29) is 11.8 Å². The third kappa shape index (κ3) is 4.98. The van der Waals surface area contributed by atoms with E-state index < -0.39 is 0 Å². The van der Waals surface area contributed by atoms with E-state index >= 15 is 0 Å². The summed E-state index contributed by atoms with van der Waals surface area (Å²) in [6.45, 7) is 7.67. The number of carbonyl (C=O) groups excluding carboxylic acids is 2. The number of piperidine rings is 1. The lowest BCUT2D eigenvalue weighted by Gasteiger charge is -2.33. The van der Waals surface area contributed by atoms with Gasteiger partial charge >= 0.3 is 0 Å². The molecule has 0 radical (unpaired) electrons. The second-order valence-corrected chi connectivity index (χ2v) is 8.95. The highest BCUT2D eigenvalue weighted by molar-refractivity contribution is 5.90. The zero-order valence-corrected chi connectivity index (χ0v) is 17.5. The van der Waals surface area contributed by atoms with Crippen LogP contribution in [0.2, 0.25) is 0 Å². The molecule has 2 amide bonds. The highest BCUT2D eigenvalue weighted by Crippen LogP contribution is 2.40. The molecule has 6 nitrogen and oxygen atoms in total. The fraction of sp³-hybridized carbons (Fsp3) is 0.652. The van der Waals surface area contributed by atoms with Crippen molar-refractivity contribution < 1.29 is 9.59 Å². The molecule has 0 aromatic heterocycles. The summed E-state index contributed by atoms with van der Waals surface area (Å²) >= 11 is 0. The average molecular weight is 399 g/mol. The van der Waals surface area contributed by atoms with E-state index in [2.05, 4.69) is 20.4 Å². The van der Waals surface area contributed by atoms with Gasteiger partial charge < -0.3 is 10.6 Å². The minimum absolute atomic E-state index is 0.0419. The Morgan fingerprint density at radius 3 is 2.69 bits per heavy atom. The number of nitrogens with zero attached hydrogens (tertiary/aromatic N) is 2. The Balaban J connectivity index is 1.19. The van der Waals surface area contributed by atoms with Crippen LogP contribution in [0, 0.1) is 11.8 Å². The summed E-state index contributed by atoms with van der Waals surface area (Å²) in [5.41, 5.74) is 1.85. The van der Waals surface area contributed by atoms with Crippen LogP contribution in [0.25, 0.3) is 0 Å². The second-order valence-electron chi connectivity index (χ2n) is 8.95. The van der Waals surface area contributed by atoms with E-state index in [0.717, 1.165) is 48.6 Å². The molecule has 3 heterocycles. The third-order valence-electron chi connectivity index (χ3n) is 6.77. The smallest absolute Gasteiger partial charge is 0.234 e. The van der Waals surface area contributed by atoms with Crippen LogP contribution in [0.1, 0.15) is 44.6 Å². The number of fused-ring (bicyclic) bond motifs is 3. The van der Waals surface area contributed by atoms with Gasteiger partial charge in [-0.2, -0.15) is 0 Å². The summed E-state index contributed by atoms with van der Waals surface area (Å²) in [5.74, 6) is 1.66. The molecule has 0 saturated carbocycles. The molecule has 3 aliphatic heterocycles. The standard InChI is InChI=1S/C23H34N4O2/c1-2-5-22(28)25-19-9-7-17(8-10-19)12-24-23(29)16-26-13-18-14-27-11-4-3-6-21(27)20(18)15-26/h7-10,18,20-21H,2-6,11-16H2,1H3,(H,24,29)(H,25,28).